The van der Waals surface area contributed by atoms with E-state index in [9.17, 15) is 18.0 Å². The van der Waals surface area contributed by atoms with Gasteiger partial charge < -0.3 is 4.57 Å². The van der Waals surface area contributed by atoms with E-state index >= 15 is 0 Å². The Kier molecular flexibility index (Phi) is 4.94. The van der Waals surface area contributed by atoms with Gasteiger partial charge in [-0.3, -0.25) is 15.6 Å². The van der Waals surface area contributed by atoms with Gasteiger partial charge in [0.2, 0.25) is 0 Å². The summed E-state index contributed by atoms with van der Waals surface area (Å²) in [4.78, 5) is 12.5. The van der Waals surface area contributed by atoms with Crippen molar-refractivity contribution < 1.29 is 18.0 Å². The van der Waals surface area contributed by atoms with Crippen LogP contribution in [0.2, 0.25) is 0 Å². The highest BCUT2D eigenvalue weighted by molar-refractivity contribution is 5.96. The predicted molar refractivity (Wildman–Crippen MR) is 97.4 cm³/mol. The van der Waals surface area contributed by atoms with Crippen LogP contribution in [-0.2, 0) is 0 Å². The number of halogens is 3. The Labute approximate surface area is 154 Å². The van der Waals surface area contributed by atoms with Gasteiger partial charge in [-0.15, -0.1) is 0 Å². The van der Waals surface area contributed by atoms with Gasteiger partial charge >= 0.3 is 0 Å². The third kappa shape index (κ3) is 3.40. The molecule has 3 rings (SSSR count). The fraction of sp³-hybridized carbons (Fsp3) is 0.150. The monoisotopic (exact) mass is 373 g/mol. The Balaban J connectivity index is 1.86. The number of para-hydroxylation sites is 1. The van der Waals surface area contributed by atoms with Gasteiger partial charge in [0.15, 0.2) is 17.5 Å². The summed E-state index contributed by atoms with van der Waals surface area (Å²) < 4.78 is 41.9. The van der Waals surface area contributed by atoms with Crippen LogP contribution in [0.5, 0.6) is 0 Å². The molecular weight excluding hydrogens is 355 g/mol. The van der Waals surface area contributed by atoms with E-state index in [1.165, 1.54) is 0 Å². The van der Waals surface area contributed by atoms with Crippen LogP contribution in [0.15, 0.2) is 42.5 Å². The molecule has 2 N–H and O–H groups in total. The molecule has 0 saturated carbocycles. The van der Waals surface area contributed by atoms with E-state index in [1.807, 2.05) is 42.7 Å². The lowest BCUT2D eigenvalue weighted by molar-refractivity contribution is 0.0962. The molecule has 2 aromatic carbocycles. The second-order valence-corrected chi connectivity index (χ2v) is 6.21. The smallest absolute Gasteiger partial charge is 0.271 e. The minimum atomic E-state index is -1.60. The topological polar surface area (TPSA) is 46.1 Å². The Hall–Kier alpha value is -3.22. The van der Waals surface area contributed by atoms with Gasteiger partial charge in [-0.25, -0.2) is 13.2 Å². The molecule has 7 heteroatoms. The molecule has 0 radical (unpaired) electrons. The molecule has 0 fully saturated rings. The molecule has 0 aliphatic carbocycles. The van der Waals surface area contributed by atoms with Crippen molar-refractivity contribution in [2.75, 3.05) is 5.43 Å². The van der Waals surface area contributed by atoms with Crippen LogP contribution in [0.4, 0.5) is 18.9 Å². The maximum absolute atomic E-state index is 13.7. The molecule has 0 aliphatic heterocycles. The summed E-state index contributed by atoms with van der Waals surface area (Å²) in [5, 5.41) is 0. The molecule has 0 spiro atoms. The molecule has 140 valence electrons. The predicted octanol–water partition coefficient (Wildman–Crippen LogP) is 4.58. The molecule has 3 aromatic rings. The summed E-state index contributed by atoms with van der Waals surface area (Å²) in [6.45, 7) is 5.65. The van der Waals surface area contributed by atoms with Crippen LogP contribution in [-0.4, -0.2) is 10.5 Å². The van der Waals surface area contributed by atoms with Crippen molar-refractivity contribution in [1.29, 1.82) is 0 Å². The number of hydrogen-bond acceptors (Lipinski definition) is 2. The number of nitrogens with one attached hydrogen (secondary N) is 2. The normalized spacial score (nSPS) is 10.7. The van der Waals surface area contributed by atoms with Crippen LogP contribution in [0.1, 0.15) is 27.3 Å². The number of benzene rings is 2. The molecule has 4 nitrogen and oxygen atoms in total. The third-order valence-corrected chi connectivity index (χ3v) is 4.38. The summed E-state index contributed by atoms with van der Waals surface area (Å²) in [5.74, 6) is -4.83. The molecule has 0 aliphatic rings. The standard InChI is InChI=1S/C20H18F3N3O/c1-11-6-4-5-7-17(11)26-12(2)10-14(13(26)3)20(27)25-24-16-9-8-15(21)18(22)19(16)23/h4-10,24H,1-3H3,(H,25,27). The van der Waals surface area contributed by atoms with E-state index in [0.717, 1.165) is 29.1 Å². The molecule has 0 bridgehead atoms. The third-order valence-electron chi connectivity index (χ3n) is 4.38. The van der Waals surface area contributed by atoms with Crippen molar-refractivity contribution in [2.24, 2.45) is 0 Å². The number of hydrazine groups is 1. The van der Waals surface area contributed by atoms with E-state index in [-0.39, 0.29) is 5.69 Å². The van der Waals surface area contributed by atoms with Gasteiger partial charge in [0.05, 0.1) is 11.3 Å². The minimum Gasteiger partial charge on any atom is -0.317 e. The molecule has 0 saturated heterocycles. The van der Waals surface area contributed by atoms with Crippen LogP contribution < -0.4 is 10.9 Å². The average Bonchev–Trinajstić information content (AvgIpc) is 2.94. The van der Waals surface area contributed by atoms with Gasteiger partial charge in [0.1, 0.15) is 0 Å². The average molecular weight is 373 g/mol. The van der Waals surface area contributed by atoms with E-state index in [4.69, 9.17) is 0 Å². The Morgan fingerprint density at radius 2 is 1.67 bits per heavy atom. The number of aryl methyl sites for hydroxylation is 2. The quantitative estimate of drug-likeness (QED) is 0.520. The largest absolute Gasteiger partial charge is 0.317 e. The lowest BCUT2D eigenvalue weighted by Crippen LogP contribution is -2.30. The maximum Gasteiger partial charge on any atom is 0.271 e. The molecule has 0 unspecified atom stereocenters. The van der Waals surface area contributed by atoms with Gasteiger partial charge in [-0.2, -0.15) is 0 Å². The van der Waals surface area contributed by atoms with Gasteiger partial charge in [0.25, 0.3) is 5.91 Å². The van der Waals surface area contributed by atoms with E-state index in [2.05, 4.69) is 10.9 Å². The van der Waals surface area contributed by atoms with E-state index in [0.29, 0.717) is 11.3 Å². The number of hydrogen-bond donors (Lipinski definition) is 2. The second-order valence-electron chi connectivity index (χ2n) is 6.21. The molecule has 1 heterocycles. The Morgan fingerprint density at radius 1 is 0.963 bits per heavy atom. The first kappa shape index (κ1) is 18.6. The van der Waals surface area contributed by atoms with Gasteiger partial charge in [0, 0.05) is 17.1 Å². The number of anilines is 1. The van der Waals surface area contributed by atoms with Gasteiger partial charge in [-0.1, -0.05) is 18.2 Å². The highest BCUT2D eigenvalue weighted by Crippen LogP contribution is 2.23. The molecule has 1 amide bonds. The summed E-state index contributed by atoms with van der Waals surface area (Å²) in [6.07, 6.45) is 0. The number of carbonyl (C=O) groups is 1. The fourth-order valence-corrected chi connectivity index (χ4v) is 2.99. The van der Waals surface area contributed by atoms with Crippen LogP contribution in [0.3, 0.4) is 0 Å². The minimum absolute atomic E-state index is 0.366. The van der Waals surface area contributed by atoms with Crippen molar-refractivity contribution in [3.63, 3.8) is 0 Å². The number of carbonyl (C=O) groups excluding carboxylic acids is 1. The SMILES string of the molecule is Cc1ccccc1-n1c(C)cc(C(=O)NNc2ccc(F)c(F)c2F)c1C. The lowest BCUT2D eigenvalue weighted by Gasteiger charge is -2.13. The molecule has 27 heavy (non-hydrogen) atoms. The highest BCUT2D eigenvalue weighted by atomic mass is 19.2. The van der Waals surface area contributed by atoms with E-state index in [1.54, 1.807) is 13.0 Å². The summed E-state index contributed by atoms with van der Waals surface area (Å²) in [7, 11) is 0. The van der Waals surface area contributed by atoms with Crippen LogP contribution >= 0.6 is 0 Å². The van der Waals surface area contributed by atoms with Crippen molar-refractivity contribution >= 4 is 11.6 Å². The van der Waals surface area contributed by atoms with Crippen LogP contribution in [0, 0.1) is 38.2 Å². The zero-order valence-corrected chi connectivity index (χ0v) is 15.0. The fourth-order valence-electron chi connectivity index (χ4n) is 2.99. The van der Waals surface area contributed by atoms with E-state index < -0.39 is 23.4 Å². The number of rotatable bonds is 4. The number of amides is 1. The summed E-state index contributed by atoms with van der Waals surface area (Å²) in [5.41, 5.74) is 8.18. The Morgan fingerprint density at radius 3 is 2.37 bits per heavy atom. The van der Waals surface area contributed by atoms with Gasteiger partial charge in [-0.05, 0) is 50.6 Å². The molecule has 0 atom stereocenters. The van der Waals surface area contributed by atoms with Crippen molar-refractivity contribution in [1.82, 2.24) is 9.99 Å². The second kappa shape index (κ2) is 7.19. The molecular formula is C20H18F3N3O. The Bertz CT molecular complexity index is 1030. The summed E-state index contributed by atoms with van der Waals surface area (Å²) in [6, 6.07) is 11.3. The van der Waals surface area contributed by atoms with Crippen LogP contribution in [0.25, 0.3) is 5.69 Å². The first-order chi connectivity index (χ1) is 12.8. The lowest BCUT2D eigenvalue weighted by atomic mass is 10.2. The summed E-state index contributed by atoms with van der Waals surface area (Å²) >= 11 is 0. The van der Waals surface area contributed by atoms with Crippen molar-refractivity contribution in [3.8, 4) is 5.69 Å². The zero-order chi connectivity index (χ0) is 19.7. The van der Waals surface area contributed by atoms with Crippen molar-refractivity contribution in [2.45, 2.75) is 20.8 Å². The first-order valence-electron chi connectivity index (χ1n) is 8.26. The first-order valence-corrected chi connectivity index (χ1v) is 8.26. The zero-order valence-electron chi connectivity index (χ0n) is 15.0. The maximum atomic E-state index is 13.7. The number of nitrogens with zero attached hydrogens (tertiary/aromatic N) is 1. The number of aromatic nitrogens is 1. The molecule has 1 aromatic heterocycles. The van der Waals surface area contributed by atoms with Crippen molar-refractivity contribution in [3.05, 3.63) is 82.4 Å². The highest BCUT2D eigenvalue weighted by Gasteiger charge is 2.19.